The average Bonchev–Trinajstić information content (AvgIpc) is 2.65. The molecule has 0 saturated carbocycles. The van der Waals surface area contributed by atoms with Gasteiger partial charge < -0.3 is 15.1 Å². The number of benzene rings is 2. The molecule has 0 heterocycles. The zero-order valence-electron chi connectivity index (χ0n) is 15.1. The Morgan fingerprint density at radius 2 is 1.65 bits per heavy atom. The average molecular weight is 354 g/mol. The second kappa shape index (κ2) is 9.54. The molecule has 1 N–H and O–H groups in total. The molecule has 0 aliphatic carbocycles. The molecule has 0 atom stereocenters. The summed E-state index contributed by atoms with van der Waals surface area (Å²) in [5, 5.41) is 11.7. The van der Waals surface area contributed by atoms with Crippen LogP contribution in [0, 0.1) is 17.1 Å². The monoisotopic (exact) mass is 354 g/mol. The van der Waals surface area contributed by atoms with Crippen molar-refractivity contribution in [1.29, 1.82) is 5.26 Å². The van der Waals surface area contributed by atoms with Crippen LogP contribution in [0.25, 0.3) is 0 Å². The summed E-state index contributed by atoms with van der Waals surface area (Å²) in [6, 6.07) is 15.2. The van der Waals surface area contributed by atoms with Gasteiger partial charge in [0.2, 0.25) is 0 Å². The Bertz CT molecular complexity index is 751. The van der Waals surface area contributed by atoms with E-state index in [0.717, 1.165) is 17.7 Å². The van der Waals surface area contributed by atoms with E-state index in [2.05, 4.69) is 11.4 Å². The van der Waals surface area contributed by atoms with Crippen molar-refractivity contribution < 1.29 is 9.18 Å². The molecule has 0 fully saturated rings. The normalized spacial score (nSPS) is 10.4. The molecule has 0 aliphatic rings. The van der Waals surface area contributed by atoms with Crippen LogP contribution in [0.3, 0.4) is 0 Å². The van der Waals surface area contributed by atoms with Gasteiger partial charge in [-0.05, 0) is 49.5 Å². The van der Waals surface area contributed by atoms with Crippen molar-refractivity contribution in [1.82, 2.24) is 15.1 Å². The molecule has 2 aromatic carbocycles. The lowest BCUT2D eigenvalue weighted by Gasteiger charge is -2.25. The molecule has 5 nitrogen and oxygen atoms in total. The predicted molar refractivity (Wildman–Crippen MR) is 98.8 cm³/mol. The summed E-state index contributed by atoms with van der Waals surface area (Å²) in [6.45, 7) is 2.08. The first-order valence-electron chi connectivity index (χ1n) is 8.39. The van der Waals surface area contributed by atoms with Crippen LogP contribution in [0.15, 0.2) is 48.5 Å². The molecule has 0 spiro atoms. The lowest BCUT2D eigenvalue weighted by molar-refractivity contribution is 0.188. The number of carbonyl (C=O) groups is 1. The van der Waals surface area contributed by atoms with Crippen molar-refractivity contribution in [3.05, 3.63) is 71.0 Å². The largest absolute Gasteiger partial charge is 0.334 e. The maximum atomic E-state index is 13.1. The van der Waals surface area contributed by atoms with Crippen molar-refractivity contribution in [2.75, 3.05) is 27.2 Å². The van der Waals surface area contributed by atoms with E-state index in [1.54, 1.807) is 29.2 Å². The Hall–Kier alpha value is -2.91. The van der Waals surface area contributed by atoms with Crippen LogP contribution in [0.2, 0.25) is 0 Å². The molecule has 0 radical (unpaired) electrons. The first-order chi connectivity index (χ1) is 12.5. The molecule has 136 valence electrons. The first kappa shape index (κ1) is 19.4. The van der Waals surface area contributed by atoms with Crippen LogP contribution in [-0.4, -0.2) is 43.0 Å². The van der Waals surface area contributed by atoms with Crippen molar-refractivity contribution >= 4 is 6.03 Å². The number of amides is 2. The third-order valence-corrected chi connectivity index (χ3v) is 3.92. The van der Waals surface area contributed by atoms with E-state index >= 15 is 0 Å². The number of hydrogen-bond acceptors (Lipinski definition) is 3. The Labute approximate surface area is 153 Å². The second-order valence-electron chi connectivity index (χ2n) is 6.32. The molecule has 2 amide bonds. The maximum absolute atomic E-state index is 13.1. The number of urea groups is 1. The van der Waals surface area contributed by atoms with E-state index in [4.69, 9.17) is 5.26 Å². The van der Waals surface area contributed by atoms with Gasteiger partial charge in [-0.15, -0.1) is 0 Å². The van der Waals surface area contributed by atoms with E-state index in [1.807, 2.05) is 31.1 Å². The minimum atomic E-state index is -0.293. The van der Waals surface area contributed by atoms with Gasteiger partial charge in [0.15, 0.2) is 0 Å². The topological polar surface area (TPSA) is 59.4 Å². The predicted octanol–water partition coefficient (Wildman–Crippen LogP) is 2.97. The van der Waals surface area contributed by atoms with Gasteiger partial charge in [0.1, 0.15) is 5.82 Å². The van der Waals surface area contributed by atoms with Crippen molar-refractivity contribution in [3.63, 3.8) is 0 Å². The van der Waals surface area contributed by atoms with E-state index in [-0.39, 0.29) is 11.8 Å². The number of likely N-dealkylation sites (N-methyl/N-ethyl adjacent to an activating group) is 1. The van der Waals surface area contributed by atoms with E-state index in [0.29, 0.717) is 25.2 Å². The van der Waals surface area contributed by atoms with Crippen molar-refractivity contribution in [2.45, 2.75) is 13.1 Å². The molecule has 0 aromatic heterocycles. The Balaban J connectivity index is 1.99. The molecule has 2 aromatic rings. The summed E-state index contributed by atoms with van der Waals surface area (Å²) in [5.41, 5.74) is 2.38. The highest BCUT2D eigenvalue weighted by molar-refractivity contribution is 5.74. The quantitative estimate of drug-likeness (QED) is 0.832. The summed E-state index contributed by atoms with van der Waals surface area (Å²) < 4.78 is 13.1. The third-order valence-electron chi connectivity index (χ3n) is 3.92. The Morgan fingerprint density at radius 1 is 1.04 bits per heavy atom. The van der Waals surface area contributed by atoms with Crippen molar-refractivity contribution in [2.24, 2.45) is 0 Å². The summed E-state index contributed by atoms with van der Waals surface area (Å²) in [5.74, 6) is -0.293. The summed E-state index contributed by atoms with van der Waals surface area (Å²) in [4.78, 5) is 16.3. The van der Waals surface area contributed by atoms with Gasteiger partial charge in [0.05, 0.1) is 11.6 Å². The fourth-order valence-electron chi connectivity index (χ4n) is 2.37. The van der Waals surface area contributed by atoms with E-state index in [9.17, 15) is 9.18 Å². The smallest absolute Gasteiger partial charge is 0.318 e. The minimum Gasteiger partial charge on any atom is -0.334 e. The molecule has 0 aliphatic heterocycles. The van der Waals surface area contributed by atoms with Gasteiger partial charge >= 0.3 is 6.03 Å². The first-order valence-corrected chi connectivity index (χ1v) is 8.39. The fourth-order valence-corrected chi connectivity index (χ4v) is 2.37. The lowest BCUT2D eigenvalue weighted by atomic mass is 10.1. The number of halogens is 1. The molecule has 0 unspecified atom stereocenters. The standard InChI is InChI=1S/C20H23FN4O/c1-24(2)11-12-25(15-18-7-9-19(21)10-8-18)20(26)23-14-17-5-3-16(13-22)4-6-17/h3-10H,11-12,14-15H2,1-2H3,(H,23,26). The van der Waals surface area contributed by atoms with Gasteiger partial charge in [-0.2, -0.15) is 5.26 Å². The van der Waals surface area contributed by atoms with Gasteiger partial charge in [-0.25, -0.2) is 9.18 Å². The van der Waals surface area contributed by atoms with Gasteiger partial charge in [-0.1, -0.05) is 24.3 Å². The van der Waals surface area contributed by atoms with Crippen LogP contribution in [0.4, 0.5) is 9.18 Å². The highest BCUT2D eigenvalue weighted by Gasteiger charge is 2.14. The number of nitrogens with one attached hydrogen (secondary N) is 1. The number of hydrogen-bond donors (Lipinski definition) is 1. The fraction of sp³-hybridized carbons (Fsp3) is 0.300. The molecular weight excluding hydrogens is 331 g/mol. The Morgan fingerprint density at radius 3 is 2.23 bits per heavy atom. The molecule has 6 heteroatoms. The zero-order chi connectivity index (χ0) is 18.9. The number of carbonyl (C=O) groups excluding carboxylic acids is 1. The second-order valence-corrected chi connectivity index (χ2v) is 6.32. The minimum absolute atomic E-state index is 0.180. The molecular formula is C20H23FN4O. The number of rotatable bonds is 7. The van der Waals surface area contributed by atoms with Crippen LogP contribution in [-0.2, 0) is 13.1 Å². The lowest BCUT2D eigenvalue weighted by Crippen LogP contribution is -2.42. The van der Waals surface area contributed by atoms with Gasteiger partial charge in [-0.3, -0.25) is 0 Å². The highest BCUT2D eigenvalue weighted by atomic mass is 19.1. The number of nitrogens with zero attached hydrogens (tertiary/aromatic N) is 3. The van der Waals surface area contributed by atoms with E-state index in [1.165, 1.54) is 12.1 Å². The highest BCUT2D eigenvalue weighted by Crippen LogP contribution is 2.08. The van der Waals surface area contributed by atoms with E-state index < -0.39 is 0 Å². The molecule has 0 bridgehead atoms. The maximum Gasteiger partial charge on any atom is 0.318 e. The Kier molecular flexibility index (Phi) is 7.12. The van der Waals surface area contributed by atoms with Gasteiger partial charge in [0.25, 0.3) is 0 Å². The van der Waals surface area contributed by atoms with Crippen LogP contribution in [0.5, 0.6) is 0 Å². The molecule has 2 rings (SSSR count). The van der Waals surface area contributed by atoms with Crippen LogP contribution >= 0.6 is 0 Å². The summed E-state index contributed by atoms with van der Waals surface area (Å²) >= 11 is 0. The number of nitriles is 1. The third kappa shape index (κ3) is 6.19. The molecule has 26 heavy (non-hydrogen) atoms. The van der Waals surface area contributed by atoms with Crippen molar-refractivity contribution in [3.8, 4) is 6.07 Å². The van der Waals surface area contributed by atoms with Crippen LogP contribution < -0.4 is 5.32 Å². The van der Waals surface area contributed by atoms with Crippen LogP contribution in [0.1, 0.15) is 16.7 Å². The zero-order valence-corrected chi connectivity index (χ0v) is 15.1. The summed E-state index contributed by atoms with van der Waals surface area (Å²) in [7, 11) is 3.90. The summed E-state index contributed by atoms with van der Waals surface area (Å²) in [6.07, 6.45) is 0. The molecule has 0 saturated heterocycles. The SMILES string of the molecule is CN(C)CCN(Cc1ccc(F)cc1)C(=O)NCc1ccc(C#N)cc1. The van der Waals surface area contributed by atoms with Gasteiger partial charge in [0, 0.05) is 26.2 Å².